The van der Waals surface area contributed by atoms with Gasteiger partial charge in [-0.1, -0.05) is 27.7 Å². The van der Waals surface area contributed by atoms with Crippen molar-refractivity contribution in [1.82, 2.24) is 15.1 Å². The molecule has 1 atom stereocenters. The Hall–Kier alpha value is -0.830. The molecule has 1 heterocycles. The molecule has 3 nitrogen and oxygen atoms in total. The fraction of sp³-hybridized carbons (Fsp3) is 0.786. The third-order valence-corrected chi connectivity index (χ3v) is 3.14. The maximum Gasteiger partial charge on any atom is 0.0627 e. The summed E-state index contributed by atoms with van der Waals surface area (Å²) in [5.74, 6) is 2.08. The first-order valence-electron chi connectivity index (χ1n) is 6.68. The predicted octanol–water partition coefficient (Wildman–Crippen LogP) is 2.48. The Balaban J connectivity index is 2.43. The van der Waals surface area contributed by atoms with Gasteiger partial charge in [-0.2, -0.15) is 5.10 Å². The Morgan fingerprint density at radius 3 is 2.41 bits per heavy atom. The van der Waals surface area contributed by atoms with Gasteiger partial charge in [0.05, 0.1) is 5.69 Å². The minimum atomic E-state index is 0.670. The van der Waals surface area contributed by atoms with Gasteiger partial charge in [0, 0.05) is 13.2 Å². The van der Waals surface area contributed by atoms with E-state index >= 15 is 0 Å². The molecule has 0 aliphatic rings. The lowest BCUT2D eigenvalue weighted by Gasteiger charge is -2.21. The molecule has 0 saturated carbocycles. The Morgan fingerprint density at radius 2 is 1.94 bits per heavy atom. The lowest BCUT2D eigenvalue weighted by atomic mass is 9.91. The second-order valence-corrected chi connectivity index (χ2v) is 5.74. The van der Waals surface area contributed by atoms with Gasteiger partial charge in [0.2, 0.25) is 0 Å². The van der Waals surface area contributed by atoms with Gasteiger partial charge in [0.15, 0.2) is 0 Å². The van der Waals surface area contributed by atoms with Gasteiger partial charge in [-0.15, -0.1) is 0 Å². The summed E-state index contributed by atoms with van der Waals surface area (Å²) in [6.07, 6.45) is 3.10. The molecule has 0 saturated heterocycles. The van der Waals surface area contributed by atoms with Crippen molar-refractivity contribution in [3.63, 3.8) is 0 Å². The third-order valence-electron chi connectivity index (χ3n) is 3.14. The van der Waals surface area contributed by atoms with Crippen LogP contribution in [-0.4, -0.2) is 22.9 Å². The molecular formula is C14H27N3. The molecule has 1 N–H and O–H groups in total. The highest BCUT2D eigenvalue weighted by molar-refractivity contribution is 5.00. The van der Waals surface area contributed by atoms with E-state index in [2.05, 4.69) is 44.2 Å². The first-order valence-corrected chi connectivity index (χ1v) is 6.68. The van der Waals surface area contributed by atoms with E-state index in [0.29, 0.717) is 11.8 Å². The number of nitrogens with one attached hydrogen (secondary N) is 1. The van der Waals surface area contributed by atoms with Crippen LogP contribution >= 0.6 is 0 Å². The molecule has 1 unspecified atom stereocenters. The molecule has 1 rings (SSSR count). The molecule has 0 aliphatic carbocycles. The van der Waals surface area contributed by atoms with Crippen LogP contribution in [0.4, 0.5) is 0 Å². The highest BCUT2D eigenvalue weighted by atomic mass is 15.2. The molecule has 98 valence electrons. The SMILES string of the molecule is CC(C)CNCC(Cc1ccn(C)n1)C(C)C. The van der Waals surface area contributed by atoms with Gasteiger partial charge in [-0.05, 0) is 43.3 Å². The largest absolute Gasteiger partial charge is 0.316 e. The van der Waals surface area contributed by atoms with Gasteiger partial charge in [-0.25, -0.2) is 0 Å². The summed E-state index contributed by atoms with van der Waals surface area (Å²) in [5, 5.41) is 8.02. The zero-order valence-corrected chi connectivity index (χ0v) is 11.9. The van der Waals surface area contributed by atoms with Crippen LogP contribution in [0.25, 0.3) is 0 Å². The number of hydrogen-bond acceptors (Lipinski definition) is 2. The second kappa shape index (κ2) is 6.80. The van der Waals surface area contributed by atoms with Crippen molar-refractivity contribution in [2.75, 3.05) is 13.1 Å². The predicted molar refractivity (Wildman–Crippen MR) is 72.9 cm³/mol. The highest BCUT2D eigenvalue weighted by Gasteiger charge is 2.15. The summed E-state index contributed by atoms with van der Waals surface area (Å²) in [6.45, 7) is 11.3. The minimum Gasteiger partial charge on any atom is -0.316 e. The molecule has 0 bridgehead atoms. The van der Waals surface area contributed by atoms with Crippen molar-refractivity contribution in [2.24, 2.45) is 24.8 Å². The summed E-state index contributed by atoms with van der Waals surface area (Å²) >= 11 is 0. The summed E-state index contributed by atoms with van der Waals surface area (Å²) in [5.41, 5.74) is 1.21. The van der Waals surface area contributed by atoms with Crippen molar-refractivity contribution in [3.05, 3.63) is 18.0 Å². The quantitative estimate of drug-likeness (QED) is 0.789. The standard InChI is InChI=1S/C14H27N3/c1-11(2)9-15-10-13(12(3)4)8-14-6-7-17(5)16-14/h6-7,11-13,15H,8-10H2,1-5H3. The zero-order valence-electron chi connectivity index (χ0n) is 11.9. The Labute approximate surface area is 106 Å². The summed E-state index contributed by atoms with van der Waals surface area (Å²) in [6, 6.07) is 2.12. The topological polar surface area (TPSA) is 29.9 Å². The number of aryl methyl sites for hydroxylation is 1. The van der Waals surface area contributed by atoms with Crippen LogP contribution in [0, 0.1) is 17.8 Å². The van der Waals surface area contributed by atoms with E-state index in [0.717, 1.165) is 25.4 Å². The van der Waals surface area contributed by atoms with Gasteiger partial charge >= 0.3 is 0 Å². The summed E-state index contributed by atoms with van der Waals surface area (Å²) < 4.78 is 1.88. The monoisotopic (exact) mass is 237 g/mol. The third kappa shape index (κ3) is 5.35. The average molecular weight is 237 g/mol. The Morgan fingerprint density at radius 1 is 1.24 bits per heavy atom. The first-order chi connectivity index (χ1) is 7.99. The number of rotatable bonds is 7. The second-order valence-electron chi connectivity index (χ2n) is 5.74. The molecule has 0 aromatic carbocycles. The molecule has 0 radical (unpaired) electrons. The Kier molecular flexibility index (Phi) is 5.69. The van der Waals surface area contributed by atoms with Gasteiger partial charge in [0.25, 0.3) is 0 Å². The van der Waals surface area contributed by atoms with Crippen LogP contribution in [0.1, 0.15) is 33.4 Å². The fourth-order valence-corrected chi connectivity index (χ4v) is 1.94. The lowest BCUT2D eigenvalue weighted by Crippen LogP contribution is -2.30. The van der Waals surface area contributed by atoms with E-state index in [-0.39, 0.29) is 0 Å². The fourth-order valence-electron chi connectivity index (χ4n) is 1.94. The normalized spacial score (nSPS) is 13.6. The van der Waals surface area contributed by atoms with E-state index in [1.807, 2.05) is 17.9 Å². The maximum atomic E-state index is 4.46. The van der Waals surface area contributed by atoms with E-state index in [4.69, 9.17) is 0 Å². The molecule has 1 aromatic rings. The van der Waals surface area contributed by atoms with Crippen LogP contribution in [0.2, 0.25) is 0 Å². The molecule has 3 heteroatoms. The minimum absolute atomic E-state index is 0.670. The zero-order chi connectivity index (χ0) is 12.8. The van der Waals surface area contributed by atoms with E-state index in [1.165, 1.54) is 5.69 Å². The smallest absolute Gasteiger partial charge is 0.0627 e. The van der Waals surface area contributed by atoms with Crippen molar-refractivity contribution >= 4 is 0 Å². The summed E-state index contributed by atoms with van der Waals surface area (Å²) in [7, 11) is 1.98. The summed E-state index contributed by atoms with van der Waals surface area (Å²) in [4.78, 5) is 0. The molecule has 0 fully saturated rings. The van der Waals surface area contributed by atoms with Crippen LogP contribution in [-0.2, 0) is 13.5 Å². The van der Waals surface area contributed by atoms with Crippen LogP contribution in [0.5, 0.6) is 0 Å². The van der Waals surface area contributed by atoms with Gasteiger partial charge in [-0.3, -0.25) is 4.68 Å². The molecule has 17 heavy (non-hydrogen) atoms. The molecule has 0 amide bonds. The van der Waals surface area contributed by atoms with Gasteiger partial charge < -0.3 is 5.32 Å². The maximum absolute atomic E-state index is 4.46. The lowest BCUT2D eigenvalue weighted by molar-refractivity contribution is 0.349. The number of nitrogens with zero attached hydrogens (tertiary/aromatic N) is 2. The average Bonchev–Trinajstić information content (AvgIpc) is 2.62. The Bertz CT molecular complexity index is 315. The van der Waals surface area contributed by atoms with Crippen LogP contribution in [0.15, 0.2) is 12.3 Å². The number of hydrogen-bond donors (Lipinski definition) is 1. The van der Waals surface area contributed by atoms with Crippen molar-refractivity contribution in [3.8, 4) is 0 Å². The van der Waals surface area contributed by atoms with Crippen LogP contribution < -0.4 is 5.32 Å². The van der Waals surface area contributed by atoms with Crippen molar-refractivity contribution < 1.29 is 0 Å². The molecule has 1 aromatic heterocycles. The molecule has 0 spiro atoms. The molecule has 0 aliphatic heterocycles. The van der Waals surface area contributed by atoms with E-state index in [1.54, 1.807) is 0 Å². The van der Waals surface area contributed by atoms with Gasteiger partial charge in [0.1, 0.15) is 0 Å². The van der Waals surface area contributed by atoms with Crippen molar-refractivity contribution in [1.29, 1.82) is 0 Å². The van der Waals surface area contributed by atoms with Crippen molar-refractivity contribution in [2.45, 2.75) is 34.1 Å². The highest BCUT2D eigenvalue weighted by Crippen LogP contribution is 2.15. The molecular weight excluding hydrogens is 210 g/mol. The van der Waals surface area contributed by atoms with Crippen LogP contribution in [0.3, 0.4) is 0 Å². The first kappa shape index (κ1) is 14.2. The van der Waals surface area contributed by atoms with E-state index in [9.17, 15) is 0 Å². The van der Waals surface area contributed by atoms with E-state index < -0.39 is 0 Å². The number of aromatic nitrogens is 2.